The van der Waals surface area contributed by atoms with E-state index in [1.54, 1.807) is 12.4 Å². The molecule has 2 atom stereocenters. The molecule has 1 saturated heterocycles. The van der Waals surface area contributed by atoms with Gasteiger partial charge in [0, 0.05) is 31.5 Å². The van der Waals surface area contributed by atoms with Gasteiger partial charge in [0.15, 0.2) is 0 Å². The molecule has 0 bridgehead atoms. The minimum Gasteiger partial charge on any atom is -0.377 e. The predicted molar refractivity (Wildman–Crippen MR) is 117 cm³/mol. The monoisotopic (exact) mass is 451 g/mol. The molecule has 2 N–H and O–H groups in total. The summed E-state index contributed by atoms with van der Waals surface area (Å²) in [4.78, 5) is 20.6. The molecule has 0 spiro atoms. The molecular weight excluding hydrogens is 423 g/mol. The summed E-state index contributed by atoms with van der Waals surface area (Å²) in [5, 5.41) is 5.40. The second-order valence-electron chi connectivity index (χ2n) is 7.94. The van der Waals surface area contributed by atoms with Crippen LogP contribution in [0.3, 0.4) is 0 Å². The molecule has 7 nitrogen and oxygen atoms in total. The van der Waals surface area contributed by atoms with E-state index < -0.39 is 17.8 Å². The molecule has 10 heteroatoms. The lowest BCUT2D eigenvalue weighted by molar-refractivity contribution is -0.137. The number of rotatable bonds is 6. The summed E-state index contributed by atoms with van der Waals surface area (Å²) < 4.78 is 45.4. The Kier molecular flexibility index (Phi) is 7.57. The number of morpholine rings is 1. The van der Waals surface area contributed by atoms with Crippen LogP contribution in [0.15, 0.2) is 42.7 Å². The quantitative estimate of drug-likeness (QED) is 0.700. The molecule has 1 aromatic carbocycles. The third kappa shape index (κ3) is 5.89. The van der Waals surface area contributed by atoms with E-state index in [9.17, 15) is 18.0 Å². The lowest BCUT2D eigenvalue weighted by atomic mass is 10.1. The van der Waals surface area contributed by atoms with Crippen LogP contribution in [0, 0.1) is 0 Å². The van der Waals surface area contributed by atoms with Gasteiger partial charge in [0.25, 0.3) is 0 Å². The van der Waals surface area contributed by atoms with E-state index in [0.29, 0.717) is 25.4 Å². The van der Waals surface area contributed by atoms with E-state index >= 15 is 0 Å². The molecule has 1 aliphatic rings. The maximum Gasteiger partial charge on any atom is 0.416 e. The summed E-state index contributed by atoms with van der Waals surface area (Å²) in [6, 6.07) is 6.39. The van der Waals surface area contributed by atoms with Gasteiger partial charge < -0.3 is 25.2 Å². The molecule has 2 aromatic rings. The van der Waals surface area contributed by atoms with Crippen LogP contribution in [0.1, 0.15) is 24.1 Å². The zero-order valence-electron chi connectivity index (χ0n) is 18.3. The summed E-state index contributed by atoms with van der Waals surface area (Å²) >= 11 is 0. The van der Waals surface area contributed by atoms with Crippen molar-refractivity contribution in [2.24, 2.45) is 0 Å². The van der Waals surface area contributed by atoms with Crippen molar-refractivity contribution in [2.45, 2.75) is 25.2 Å². The van der Waals surface area contributed by atoms with Crippen LogP contribution in [0.4, 0.5) is 29.3 Å². The van der Waals surface area contributed by atoms with Gasteiger partial charge in [-0.1, -0.05) is 0 Å². The number of carbonyl (C=O) groups is 1. The predicted octanol–water partition coefficient (Wildman–Crippen LogP) is 3.75. The first kappa shape index (κ1) is 23.8. The Balaban J connectivity index is 1.78. The fourth-order valence-corrected chi connectivity index (χ4v) is 3.69. The number of alkyl halides is 3. The maximum absolute atomic E-state index is 13.3. The highest BCUT2D eigenvalue weighted by Crippen LogP contribution is 2.36. The minimum absolute atomic E-state index is 0.0334. The molecule has 1 aromatic heterocycles. The Morgan fingerprint density at radius 2 is 2.00 bits per heavy atom. The Hall–Kier alpha value is -2.85. The number of urea groups is 1. The number of amides is 2. The number of ether oxygens (including phenoxy) is 1. The Bertz CT molecular complexity index is 908. The van der Waals surface area contributed by atoms with Crippen molar-refractivity contribution in [3.63, 3.8) is 0 Å². The van der Waals surface area contributed by atoms with E-state index in [2.05, 4.69) is 15.6 Å². The average Bonchev–Trinajstić information content (AvgIpc) is 2.74. The number of benzene rings is 1. The number of aromatic nitrogens is 1. The van der Waals surface area contributed by atoms with Gasteiger partial charge in [-0.2, -0.15) is 13.2 Å². The molecule has 2 amide bonds. The smallest absolute Gasteiger partial charge is 0.377 e. The van der Waals surface area contributed by atoms with Crippen LogP contribution in [-0.4, -0.2) is 62.4 Å². The van der Waals surface area contributed by atoms with Gasteiger partial charge in [-0.15, -0.1) is 0 Å². The molecule has 2 unspecified atom stereocenters. The fraction of sp³-hybridized carbons (Fsp3) is 0.455. The van der Waals surface area contributed by atoms with Gasteiger partial charge in [-0.25, -0.2) is 4.79 Å². The van der Waals surface area contributed by atoms with E-state index in [-0.39, 0.29) is 24.3 Å². The first-order valence-corrected chi connectivity index (χ1v) is 10.3. The molecule has 1 aliphatic heterocycles. The third-order valence-corrected chi connectivity index (χ3v) is 5.42. The van der Waals surface area contributed by atoms with Crippen LogP contribution in [0.5, 0.6) is 0 Å². The second-order valence-corrected chi connectivity index (χ2v) is 7.94. The summed E-state index contributed by atoms with van der Waals surface area (Å²) in [7, 11) is 3.77. The van der Waals surface area contributed by atoms with Gasteiger partial charge >= 0.3 is 12.2 Å². The molecule has 0 saturated carbocycles. The Labute approximate surface area is 185 Å². The minimum atomic E-state index is -4.51. The normalized spacial score (nSPS) is 17.8. The van der Waals surface area contributed by atoms with Gasteiger partial charge in [0.1, 0.15) is 0 Å². The summed E-state index contributed by atoms with van der Waals surface area (Å²) in [5.74, 6) is 0. The molecule has 0 radical (unpaired) electrons. The number of pyridine rings is 1. The van der Waals surface area contributed by atoms with Gasteiger partial charge in [0.05, 0.1) is 36.2 Å². The number of carbonyl (C=O) groups excluding carboxylic acids is 1. The lowest BCUT2D eigenvalue weighted by Gasteiger charge is -2.36. The van der Waals surface area contributed by atoms with E-state index in [1.165, 1.54) is 6.07 Å². The molecule has 174 valence electrons. The van der Waals surface area contributed by atoms with Crippen LogP contribution in [0.25, 0.3) is 0 Å². The topological polar surface area (TPSA) is 69.7 Å². The molecular formula is C22H28F3N5O2. The zero-order chi connectivity index (χ0) is 23.3. The Morgan fingerprint density at radius 3 is 2.62 bits per heavy atom. The average molecular weight is 451 g/mol. The van der Waals surface area contributed by atoms with Crippen molar-refractivity contribution in [1.29, 1.82) is 0 Å². The van der Waals surface area contributed by atoms with Crippen molar-refractivity contribution >= 4 is 17.4 Å². The van der Waals surface area contributed by atoms with Crippen LogP contribution < -0.4 is 15.5 Å². The van der Waals surface area contributed by atoms with Crippen LogP contribution >= 0.6 is 0 Å². The van der Waals surface area contributed by atoms with Crippen LogP contribution in [0.2, 0.25) is 0 Å². The lowest BCUT2D eigenvalue weighted by Crippen LogP contribution is -2.44. The van der Waals surface area contributed by atoms with E-state index in [4.69, 9.17) is 4.74 Å². The largest absolute Gasteiger partial charge is 0.416 e. The highest BCUT2D eigenvalue weighted by Gasteiger charge is 2.32. The van der Waals surface area contributed by atoms with Gasteiger partial charge in [-0.3, -0.25) is 4.98 Å². The van der Waals surface area contributed by atoms with Crippen molar-refractivity contribution < 1.29 is 22.7 Å². The van der Waals surface area contributed by atoms with Crippen LogP contribution in [-0.2, 0) is 10.9 Å². The maximum atomic E-state index is 13.3. The molecule has 3 rings (SSSR count). The highest BCUT2D eigenvalue weighted by molar-refractivity contribution is 5.93. The second kappa shape index (κ2) is 10.2. The first-order valence-electron chi connectivity index (χ1n) is 10.3. The number of anilines is 2. The zero-order valence-corrected chi connectivity index (χ0v) is 18.3. The molecule has 2 heterocycles. The SMILES string of the molecule is CC1COCCN1c1ccc(C(F)(F)F)cc1NC(=O)NCC(c1ccncc1)N(C)C. The summed E-state index contributed by atoms with van der Waals surface area (Å²) in [6.07, 6.45) is -1.17. The number of halogens is 3. The third-order valence-electron chi connectivity index (χ3n) is 5.42. The van der Waals surface area contributed by atoms with E-state index in [1.807, 2.05) is 43.0 Å². The number of hydrogen-bond acceptors (Lipinski definition) is 5. The molecule has 0 aliphatic carbocycles. The van der Waals surface area contributed by atoms with Crippen molar-refractivity contribution in [3.8, 4) is 0 Å². The number of likely N-dealkylation sites (N-methyl/N-ethyl adjacent to an activating group) is 1. The van der Waals surface area contributed by atoms with Crippen molar-refractivity contribution in [3.05, 3.63) is 53.9 Å². The van der Waals surface area contributed by atoms with Gasteiger partial charge in [-0.05, 0) is 56.9 Å². The number of nitrogens with one attached hydrogen (secondary N) is 2. The number of hydrogen-bond donors (Lipinski definition) is 2. The Morgan fingerprint density at radius 1 is 1.28 bits per heavy atom. The summed E-state index contributed by atoms with van der Waals surface area (Å²) in [6.45, 7) is 3.65. The summed E-state index contributed by atoms with van der Waals surface area (Å²) in [5.41, 5.74) is 0.784. The van der Waals surface area contributed by atoms with E-state index in [0.717, 1.165) is 17.7 Å². The fourth-order valence-electron chi connectivity index (χ4n) is 3.69. The van der Waals surface area contributed by atoms with Gasteiger partial charge in [0.2, 0.25) is 0 Å². The van der Waals surface area contributed by atoms with Crippen molar-refractivity contribution in [1.82, 2.24) is 15.2 Å². The van der Waals surface area contributed by atoms with Crippen molar-refractivity contribution in [2.75, 3.05) is 50.6 Å². The molecule has 1 fully saturated rings. The standard InChI is InChI=1S/C22H28F3N5O2/c1-15-14-32-11-10-30(15)19-5-4-17(22(23,24)25)12-18(19)28-21(31)27-13-20(29(2)3)16-6-8-26-9-7-16/h4-9,12,15,20H,10-11,13-14H2,1-3H3,(H2,27,28,31). The number of nitrogens with zero attached hydrogens (tertiary/aromatic N) is 3. The highest BCUT2D eigenvalue weighted by atomic mass is 19.4. The molecule has 32 heavy (non-hydrogen) atoms. The first-order chi connectivity index (χ1) is 15.2.